The third kappa shape index (κ3) is 7.42. The second-order valence-electron chi connectivity index (χ2n) is 9.18. The van der Waals surface area contributed by atoms with Crippen LogP contribution in [-0.4, -0.2) is 59.1 Å². The van der Waals surface area contributed by atoms with Gasteiger partial charge in [-0.3, -0.25) is 9.59 Å². The predicted molar refractivity (Wildman–Crippen MR) is 119 cm³/mol. The first kappa shape index (κ1) is 25.0. The molecule has 7 nitrogen and oxygen atoms in total. The van der Waals surface area contributed by atoms with Crippen molar-refractivity contribution in [1.82, 2.24) is 9.80 Å². The highest BCUT2D eigenvalue weighted by Gasteiger charge is 2.47. The first-order valence-corrected chi connectivity index (χ1v) is 10.9. The normalized spacial score (nSPS) is 18.2. The van der Waals surface area contributed by atoms with Crippen molar-refractivity contribution in [1.29, 1.82) is 0 Å². The Morgan fingerprint density at radius 1 is 1.26 bits per heavy atom. The van der Waals surface area contributed by atoms with Crippen LogP contribution in [-0.2, 0) is 25.6 Å². The Morgan fingerprint density at radius 3 is 2.52 bits per heavy atom. The third-order valence-corrected chi connectivity index (χ3v) is 5.56. The Labute approximate surface area is 189 Å². The number of ether oxygens (including phenoxy) is 2. The van der Waals surface area contributed by atoms with Gasteiger partial charge in [0.1, 0.15) is 5.60 Å². The zero-order valence-electron chi connectivity index (χ0n) is 19.1. The number of methoxy groups -OCH3 is 1. The lowest BCUT2D eigenvalue weighted by Gasteiger charge is -2.50. The van der Waals surface area contributed by atoms with Gasteiger partial charge in [0.15, 0.2) is 0 Å². The molecular formula is C23H33ClN2O5. The Bertz CT molecular complexity index is 807. The molecule has 0 aliphatic carbocycles. The van der Waals surface area contributed by atoms with E-state index in [9.17, 15) is 14.4 Å². The average molecular weight is 453 g/mol. The summed E-state index contributed by atoms with van der Waals surface area (Å²) in [6, 6.07) is 7.35. The van der Waals surface area contributed by atoms with Crippen LogP contribution < -0.4 is 0 Å². The molecule has 8 heteroatoms. The van der Waals surface area contributed by atoms with Gasteiger partial charge in [-0.1, -0.05) is 23.7 Å². The van der Waals surface area contributed by atoms with Gasteiger partial charge < -0.3 is 19.3 Å². The number of nitrogens with zero attached hydrogens (tertiary/aromatic N) is 2. The van der Waals surface area contributed by atoms with Gasteiger partial charge in [0.05, 0.1) is 19.1 Å². The molecule has 1 heterocycles. The Hall–Kier alpha value is -2.28. The first-order valence-electron chi connectivity index (χ1n) is 10.5. The van der Waals surface area contributed by atoms with Crippen molar-refractivity contribution in [2.45, 2.75) is 71.1 Å². The number of rotatable bonds is 8. The molecule has 0 radical (unpaired) electrons. The molecule has 0 N–H and O–H groups in total. The standard InChI is InChI=1S/C23H33ClN2O5/c1-22(2,3)31-21(29)26-13-11-23(26,4)15-19(27)25(12-7-10-20(28)30-5)16-17-8-6-9-18(24)14-17/h6,8-9,14H,7,10-13,15-16H2,1-5H3. The number of halogens is 1. The molecule has 2 rings (SSSR count). The van der Waals surface area contributed by atoms with E-state index in [2.05, 4.69) is 0 Å². The van der Waals surface area contributed by atoms with Crippen molar-refractivity contribution >= 4 is 29.6 Å². The molecule has 2 amide bonds. The molecule has 1 unspecified atom stereocenters. The van der Waals surface area contributed by atoms with Gasteiger partial charge in [0, 0.05) is 31.1 Å². The van der Waals surface area contributed by atoms with Crippen LogP contribution in [0.25, 0.3) is 0 Å². The maximum Gasteiger partial charge on any atom is 0.410 e. The van der Waals surface area contributed by atoms with E-state index in [-0.39, 0.29) is 24.7 Å². The van der Waals surface area contributed by atoms with E-state index < -0.39 is 17.2 Å². The number of hydrogen-bond acceptors (Lipinski definition) is 5. The minimum Gasteiger partial charge on any atom is -0.469 e. The molecule has 1 aliphatic rings. The summed E-state index contributed by atoms with van der Waals surface area (Å²) >= 11 is 6.09. The molecule has 0 aromatic heterocycles. The number of amides is 2. The molecule has 1 aliphatic heterocycles. The lowest BCUT2D eigenvalue weighted by molar-refractivity contribution is -0.142. The van der Waals surface area contributed by atoms with Crippen LogP contribution in [0, 0.1) is 0 Å². The molecular weight excluding hydrogens is 420 g/mol. The zero-order chi connectivity index (χ0) is 23.2. The first-order chi connectivity index (χ1) is 14.4. The van der Waals surface area contributed by atoms with E-state index in [0.29, 0.717) is 31.1 Å². The highest BCUT2D eigenvalue weighted by atomic mass is 35.5. The quantitative estimate of drug-likeness (QED) is 0.546. The number of benzene rings is 1. The molecule has 0 spiro atoms. The topological polar surface area (TPSA) is 76.2 Å². The molecule has 31 heavy (non-hydrogen) atoms. The Kier molecular flexibility index (Phi) is 8.34. The summed E-state index contributed by atoms with van der Waals surface area (Å²) in [5.41, 5.74) is -0.278. The Balaban J connectivity index is 2.08. The lowest BCUT2D eigenvalue weighted by Crippen LogP contribution is -2.62. The van der Waals surface area contributed by atoms with E-state index in [1.54, 1.807) is 15.9 Å². The number of hydrogen-bond donors (Lipinski definition) is 0. The second kappa shape index (κ2) is 10.4. The monoisotopic (exact) mass is 452 g/mol. The van der Waals surface area contributed by atoms with Gasteiger partial charge in [-0.2, -0.15) is 0 Å². The maximum absolute atomic E-state index is 13.2. The number of carbonyl (C=O) groups is 3. The second-order valence-corrected chi connectivity index (χ2v) is 9.62. The number of likely N-dealkylation sites (tertiary alicyclic amines) is 1. The van der Waals surface area contributed by atoms with Gasteiger partial charge in [0.2, 0.25) is 5.91 Å². The summed E-state index contributed by atoms with van der Waals surface area (Å²) in [6.07, 6.45) is 1.24. The number of esters is 1. The summed E-state index contributed by atoms with van der Waals surface area (Å²) in [5, 5.41) is 0.599. The minimum absolute atomic E-state index is 0.0828. The van der Waals surface area contributed by atoms with Crippen molar-refractivity contribution < 1.29 is 23.9 Å². The third-order valence-electron chi connectivity index (χ3n) is 5.32. The van der Waals surface area contributed by atoms with Gasteiger partial charge in [-0.15, -0.1) is 0 Å². The van der Waals surface area contributed by atoms with Gasteiger partial charge in [-0.05, 0) is 58.2 Å². The highest BCUT2D eigenvalue weighted by molar-refractivity contribution is 6.30. The lowest BCUT2D eigenvalue weighted by atomic mass is 9.83. The molecule has 172 valence electrons. The summed E-state index contributed by atoms with van der Waals surface area (Å²) in [7, 11) is 1.35. The zero-order valence-corrected chi connectivity index (χ0v) is 19.8. The van der Waals surface area contributed by atoms with Crippen molar-refractivity contribution in [2.24, 2.45) is 0 Å². The van der Waals surface area contributed by atoms with Crippen LogP contribution in [0.2, 0.25) is 5.02 Å². The van der Waals surface area contributed by atoms with Gasteiger partial charge in [0.25, 0.3) is 0 Å². The fourth-order valence-electron chi connectivity index (χ4n) is 3.52. The summed E-state index contributed by atoms with van der Waals surface area (Å²) in [5.74, 6) is -0.391. The molecule has 1 aromatic rings. The summed E-state index contributed by atoms with van der Waals surface area (Å²) in [6.45, 7) is 8.72. The molecule has 1 aromatic carbocycles. The smallest absolute Gasteiger partial charge is 0.410 e. The summed E-state index contributed by atoms with van der Waals surface area (Å²) < 4.78 is 10.2. The van der Waals surface area contributed by atoms with Gasteiger partial charge in [-0.25, -0.2) is 4.79 Å². The van der Waals surface area contributed by atoms with Crippen LogP contribution in [0.4, 0.5) is 4.79 Å². The van der Waals surface area contributed by atoms with E-state index >= 15 is 0 Å². The molecule has 0 saturated carbocycles. The highest BCUT2D eigenvalue weighted by Crippen LogP contribution is 2.35. The Morgan fingerprint density at radius 2 is 1.97 bits per heavy atom. The van der Waals surface area contributed by atoms with Crippen molar-refractivity contribution in [3.63, 3.8) is 0 Å². The molecule has 1 saturated heterocycles. The molecule has 1 fully saturated rings. The molecule has 0 bridgehead atoms. The van der Waals surface area contributed by atoms with Crippen LogP contribution in [0.5, 0.6) is 0 Å². The van der Waals surface area contributed by atoms with Gasteiger partial charge >= 0.3 is 12.1 Å². The van der Waals surface area contributed by atoms with E-state index in [4.69, 9.17) is 21.1 Å². The van der Waals surface area contributed by atoms with E-state index in [1.807, 2.05) is 45.9 Å². The van der Waals surface area contributed by atoms with E-state index in [1.165, 1.54) is 7.11 Å². The van der Waals surface area contributed by atoms with Crippen molar-refractivity contribution in [3.05, 3.63) is 34.9 Å². The summed E-state index contributed by atoms with van der Waals surface area (Å²) in [4.78, 5) is 40.6. The van der Waals surface area contributed by atoms with Crippen molar-refractivity contribution in [3.8, 4) is 0 Å². The fourth-order valence-corrected chi connectivity index (χ4v) is 3.73. The van der Waals surface area contributed by atoms with Crippen LogP contribution in [0.3, 0.4) is 0 Å². The van der Waals surface area contributed by atoms with Crippen molar-refractivity contribution in [2.75, 3.05) is 20.2 Å². The van der Waals surface area contributed by atoms with E-state index in [0.717, 1.165) is 12.0 Å². The maximum atomic E-state index is 13.2. The number of carbonyl (C=O) groups excluding carboxylic acids is 3. The SMILES string of the molecule is COC(=O)CCCN(Cc1cccc(Cl)c1)C(=O)CC1(C)CCN1C(=O)OC(C)(C)C. The van der Waals surface area contributed by atoms with Crippen LogP contribution in [0.1, 0.15) is 58.9 Å². The van der Waals surface area contributed by atoms with Crippen LogP contribution >= 0.6 is 11.6 Å². The average Bonchev–Trinajstić information content (AvgIpc) is 2.64. The predicted octanol–water partition coefficient (Wildman–Crippen LogP) is 4.41. The fraction of sp³-hybridized carbons (Fsp3) is 0.609. The minimum atomic E-state index is -0.593. The largest absolute Gasteiger partial charge is 0.469 e. The van der Waals surface area contributed by atoms with Crippen LogP contribution in [0.15, 0.2) is 24.3 Å². The molecule has 1 atom stereocenters.